The third-order valence-electron chi connectivity index (χ3n) is 2.40. The van der Waals surface area contributed by atoms with Gasteiger partial charge >= 0.3 is 6.18 Å². The first-order valence-corrected chi connectivity index (χ1v) is 5.36. The summed E-state index contributed by atoms with van der Waals surface area (Å²) in [6.07, 6.45) is -4.57. The third kappa shape index (κ3) is 2.65. The van der Waals surface area contributed by atoms with Gasteiger partial charge in [0.1, 0.15) is 17.3 Å². The van der Waals surface area contributed by atoms with Crippen LogP contribution in [0, 0.1) is 5.82 Å². The first-order valence-electron chi connectivity index (χ1n) is 4.99. The second-order valence-corrected chi connectivity index (χ2v) is 4.04. The zero-order chi connectivity index (χ0) is 14.2. The van der Waals surface area contributed by atoms with Crippen molar-refractivity contribution < 1.29 is 22.3 Å². The monoisotopic (exact) mass is 294 g/mol. The van der Waals surface area contributed by atoms with Gasteiger partial charge in [-0.05, 0) is 18.2 Å². The van der Waals surface area contributed by atoms with Crippen LogP contribution in [0.3, 0.4) is 0 Å². The van der Waals surface area contributed by atoms with Crippen LogP contribution in [-0.4, -0.2) is 17.3 Å². The summed E-state index contributed by atoms with van der Waals surface area (Å²) in [7, 11) is 1.31. The third-order valence-corrected chi connectivity index (χ3v) is 2.70. The molecule has 1 aromatic carbocycles. The summed E-state index contributed by atoms with van der Waals surface area (Å²) in [4.78, 5) is 0. The molecule has 0 aliphatic heterocycles. The van der Waals surface area contributed by atoms with E-state index in [0.29, 0.717) is 6.07 Å². The maximum atomic E-state index is 13.7. The number of halogens is 5. The molecule has 2 aromatic rings. The first-order chi connectivity index (χ1) is 8.82. The lowest BCUT2D eigenvalue weighted by atomic mass is 10.1. The van der Waals surface area contributed by atoms with Crippen molar-refractivity contribution in [3.8, 4) is 17.0 Å². The van der Waals surface area contributed by atoms with Gasteiger partial charge in [-0.3, -0.25) is 5.10 Å². The smallest absolute Gasteiger partial charge is 0.432 e. The fourth-order valence-electron chi connectivity index (χ4n) is 1.49. The van der Waals surface area contributed by atoms with Gasteiger partial charge in [-0.1, -0.05) is 11.6 Å². The molecule has 8 heteroatoms. The molecule has 0 saturated carbocycles. The van der Waals surface area contributed by atoms with Crippen molar-refractivity contribution in [2.45, 2.75) is 6.18 Å². The van der Waals surface area contributed by atoms with Crippen molar-refractivity contribution in [3.05, 3.63) is 34.7 Å². The van der Waals surface area contributed by atoms with Crippen molar-refractivity contribution in [2.75, 3.05) is 7.11 Å². The van der Waals surface area contributed by atoms with Crippen LogP contribution in [0.2, 0.25) is 5.02 Å². The number of hydrogen-bond acceptors (Lipinski definition) is 2. The fourth-order valence-corrected chi connectivity index (χ4v) is 1.71. The van der Waals surface area contributed by atoms with Crippen LogP contribution in [0.5, 0.6) is 5.75 Å². The number of rotatable bonds is 2. The summed E-state index contributed by atoms with van der Waals surface area (Å²) in [5, 5.41) is 5.27. The standard InChI is InChI=1S/C11H7ClF4N2O/c1-19-9-2-5(7(13)3-6(9)12)8-4-10(18-17-8)11(14,15)16/h2-4H,1H3,(H,17,18). The Kier molecular flexibility index (Phi) is 3.40. The fraction of sp³-hybridized carbons (Fsp3) is 0.182. The average Bonchev–Trinajstić information content (AvgIpc) is 2.78. The number of H-pyrrole nitrogens is 1. The number of hydrogen-bond donors (Lipinski definition) is 1. The molecule has 0 radical (unpaired) electrons. The van der Waals surface area contributed by atoms with E-state index in [9.17, 15) is 17.6 Å². The van der Waals surface area contributed by atoms with Crippen LogP contribution in [-0.2, 0) is 6.18 Å². The van der Waals surface area contributed by atoms with Gasteiger partial charge in [0, 0.05) is 5.56 Å². The number of alkyl halides is 3. The van der Waals surface area contributed by atoms with Crippen LogP contribution in [0.25, 0.3) is 11.3 Å². The van der Waals surface area contributed by atoms with E-state index in [1.165, 1.54) is 13.2 Å². The molecular weight excluding hydrogens is 288 g/mol. The van der Waals surface area contributed by atoms with E-state index in [0.717, 1.165) is 6.07 Å². The molecule has 0 bridgehead atoms. The van der Waals surface area contributed by atoms with Gasteiger partial charge in [0.05, 0.1) is 17.8 Å². The number of aromatic nitrogens is 2. The maximum absolute atomic E-state index is 13.7. The largest absolute Gasteiger partial charge is 0.495 e. The van der Waals surface area contributed by atoms with E-state index in [1.54, 1.807) is 0 Å². The van der Waals surface area contributed by atoms with E-state index in [4.69, 9.17) is 16.3 Å². The average molecular weight is 295 g/mol. The summed E-state index contributed by atoms with van der Waals surface area (Å²) in [5.74, 6) is -0.638. The summed E-state index contributed by atoms with van der Waals surface area (Å²) in [5.41, 5.74) is -1.37. The molecule has 2 rings (SSSR count). The minimum Gasteiger partial charge on any atom is -0.495 e. The number of nitrogens with zero attached hydrogens (tertiary/aromatic N) is 1. The zero-order valence-corrected chi connectivity index (χ0v) is 10.2. The quantitative estimate of drug-likeness (QED) is 0.853. The normalized spacial score (nSPS) is 11.7. The van der Waals surface area contributed by atoms with Crippen molar-refractivity contribution in [1.29, 1.82) is 0 Å². The Bertz CT molecular complexity index is 609. The molecule has 0 fully saturated rings. The molecule has 0 aliphatic carbocycles. The predicted molar refractivity (Wildman–Crippen MR) is 60.5 cm³/mol. The van der Waals surface area contributed by atoms with Crippen LogP contribution in [0.1, 0.15) is 5.69 Å². The second-order valence-electron chi connectivity index (χ2n) is 3.63. The highest BCUT2D eigenvalue weighted by atomic mass is 35.5. The van der Waals surface area contributed by atoms with Gasteiger partial charge in [-0.2, -0.15) is 18.3 Å². The van der Waals surface area contributed by atoms with E-state index in [2.05, 4.69) is 5.10 Å². The van der Waals surface area contributed by atoms with E-state index in [-0.39, 0.29) is 22.0 Å². The highest BCUT2D eigenvalue weighted by molar-refractivity contribution is 6.32. The molecule has 0 unspecified atom stereocenters. The Morgan fingerprint density at radius 3 is 2.47 bits per heavy atom. The summed E-state index contributed by atoms with van der Waals surface area (Å²) >= 11 is 5.69. The predicted octanol–water partition coefficient (Wildman–Crippen LogP) is 3.90. The summed E-state index contributed by atoms with van der Waals surface area (Å²) in [6.45, 7) is 0. The highest BCUT2D eigenvalue weighted by Gasteiger charge is 2.33. The Balaban J connectivity index is 2.50. The minimum absolute atomic E-state index is 0.0235. The Morgan fingerprint density at radius 1 is 1.26 bits per heavy atom. The molecule has 3 nitrogen and oxygen atoms in total. The highest BCUT2D eigenvalue weighted by Crippen LogP contribution is 2.35. The zero-order valence-electron chi connectivity index (χ0n) is 9.48. The van der Waals surface area contributed by atoms with Crippen LogP contribution < -0.4 is 4.74 Å². The van der Waals surface area contributed by atoms with Gasteiger partial charge in [0.2, 0.25) is 0 Å². The summed E-state index contributed by atoms with van der Waals surface area (Å²) in [6, 6.07) is 2.86. The SMILES string of the molecule is COc1cc(-c2cc(C(F)(F)F)[nH]n2)c(F)cc1Cl. The molecular formula is C11H7ClF4N2O. The van der Waals surface area contributed by atoms with Crippen molar-refractivity contribution in [2.24, 2.45) is 0 Å². The molecule has 1 N–H and O–H groups in total. The number of benzene rings is 1. The van der Waals surface area contributed by atoms with Crippen LogP contribution in [0.15, 0.2) is 18.2 Å². The van der Waals surface area contributed by atoms with Gasteiger partial charge in [0.15, 0.2) is 0 Å². The topological polar surface area (TPSA) is 37.9 Å². The van der Waals surface area contributed by atoms with Crippen molar-refractivity contribution in [1.82, 2.24) is 10.2 Å². The van der Waals surface area contributed by atoms with Crippen LogP contribution in [0.4, 0.5) is 17.6 Å². The van der Waals surface area contributed by atoms with Gasteiger partial charge < -0.3 is 4.74 Å². The first kappa shape index (κ1) is 13.7. The minimum atomic E-state index is -4.57. The maximum Gasteiger partial charge on any atom is 0.432 e. The van der Waals surface area contributed by atoms with E-state index in [1.807, 2.05) is 5.10 Å². The Hall–Kier alpha value is -1.76. The molecule has 0 spiro atoms. The van der Waals surface area contributed by atoms with Gasteiger partial charge in [-0.25, -0.2) is 4.39 Å². The molecule has 0 atom stereocenters. The van der Waals surface area contributed by atoms with Crippen molar-refractivity contribution in [3.63, 3.8) is 0 Å². The second kappa shape index (κ2) is 4.73. The molecule has 0 amide bonds. The number of methoxy groups -OCH3 is 1. The number of nitrogens with one attached hydrogen (secondary N) is 1. The molecule has 19 heavy (non-hydrogen) atoms. The Morgan fingerprint density at radius 2 is 1.95 bits per heavy atom. The Labute approximate surface area is 110 Å². The van der Waals surface area contributed by atoms with Crippen LogP contribution >= 0.6 is 11.6 Å². The lowest BCUT2D eigenvalue weighted by molar-refractivity contribution is -0.141. The van der Waals surface area contributed by atoms with Gasteiger partial charge in [-0.15, -0.1) is 0 Å². The molecule has 102 valence electrons. The molecule has 1 aromatic heterocycles. The van der Waals surface area contributed by atoms with E-state index < -0.39 is 17.7 Å². The molecule has 1 heterocycles. The van der Waals surface area contributed by atoms with Crippen molar-refractivity contribution >= 4 is 11.6 Å². The summed E-state index contributed by atoms with van der Waals surface area (Å²) < 4.78 is 55.8. The number of ether oxygens (including phenoxy) is 1. The lowest BCUT2D eigenvalue weighted by Gasteiger charge is -2.06. The molecule has 0 aliphatic rings. The molecule has 0 saturated heterocycles. The van der Waals surface area contributed by atoms with E-state index >= 15 is 0 Å². The lowest BCUT2D eigenvalue weighted by Crippen LogP contribution is -2.04. The number of aromatic amines is 1. The van der Waals surface area contributed by atoms with Gasteiger partial charge in [0.25, 0.3) is 0 Å².